The second kappa shape index (κ2) is 9.45. The minimum absolute atomic E-state index is 0.182. The molecule has 2 heterocycles. The van der Waals surface area contributed by atoms with Crippen LogP contribution in [-0.2, 0) is 6.54 Å². The van der Waals surface area contributed by atoms with Gasteiger partial charge in [-0.15, -0.1) is 5.10 Å². The average Bonchev–Trinajstić information content (AvgIpc) is 3.31. The topological polar surface area (TPSA) is 83.3 Å². The third-order valence-electron chi connectivity index (χ3n) is 4.83. The van der Waals surface area contributed by atoms with Crippen molar-refractivity contribution in [2.24, 2.45) is 0 Å². The summed E-state index contributed by atoms with van der Waals surface area (Å²) < 4.78 is 1.67. The summed E-state index contributed by atoms with van der Waals surface area (Å²) in [4.78, 5) is 14.5. The van der Waals surface area contributed by atoms with Crippen LogP contribution in [0.15, 0.2) is 36.5 Å². The Hall–Kier alpha value is -2.25. The van der Waals surface area contributed by atoms with Crippen molar-refractivity contribution in [1.82, 2.24) is 25.2 Å². The van der Waals surface area contributed by atoms with Gasteiger partial charge in [0.1, 0.15) is 0 Å². The fourth-order valence-corrected chi connectivity index (χ4v) is 3.38. The van der Waals surface area contributed by atoms with E-state index in [1.165, 1.54) is 6.42 Å². The van der Waals surface area contributed by atoms with Crippen molar-refractivity contribution >= 4 is 5.91 Å². The lowest BCUT2D eigenvalue weighted by Crippen LogP contribution is -2.33. The predicted octanol–water partition coefficient (Wildman–Crippen LogP) is 1.29. The number of unbranched alkanes of at least 4 members (excludes halogenated alkanes) is 1. The molecule has 7 nitrogen and oxygen atoms in total. The smallest absolute Gasteiger partial charge is 0.273 e. The highest BCUT2D eigenvalue weighted by atomic mass is 16.3. The van der Waals surface area contributed by atoms with E-state index in [4.69, 9.17) is 0 Å². The van der Waals surface area contributed by atoms with Crippen molar-refractivity contribution in [2.75, 3.05) is 26.2 Å². The van der Waals surface area contributed by atoms with Gasteiger partial charge < -0.3 is 10.4 Å². The normalized spacial score (nSPS) is 17.5. The van der Waals surface area contributed by atoms with E-state index in [2.05, 4.69) is 20.5 Å². The molecule has 0 saturated carbocycles. The number of aromatic nitrogens is 3. The molecule has 3 rings (SSSR count). The van der Waals surface area contributed by atoms with E-state index in [9.17, 15) is 9.90 Å². The first-order valence-electron chi connectivity index (χ1n) is 9.33. The van der Waals surface area contributed by atoms with Crippen molar-refractivity contribution in [3.05, 3.63) is 47.8 Å². The third-order valence-corrected chi connectivity index (χ3v) is 4.83. The van der Waals surface area contributed by atoms with Crippen molar-refractivity contribution in [1.29, 1.82) is 0 Å². The van der Waals surface area contributed by atoms with Gasteiger partial charge in [-0.25, -0.2) is 4.68 Å². The molecule has 1 unspecified atom stereocenters. The van der Waals surface area contributed by atoms with Crippen molar-refractivity contribution in [3.8, 4) is 0 Å². The van der Waals surface area contributed by atoms with Gasteiger partial charge in [0.2, 0.25) is 0 Å². The maximum atomic E-state index is 12.2. The van der Waals surface area contributed by atoms with Crippen LogP contribution in [0.3, 0.4) is 0 Å². The Morgan fingerprint density at radius 1 is 1.27 bits per heavy atom. The van der Waals surface area contributed by atoms with Crippen LogP contribution in [0.5, 0.6) is 0 Å². The van der Waals surface area contributed by atoms with Crippen LogP contribution in [0.2, 0.25) is 0 Å². The monoisotopic (exact) mass is 357 g/mol. The number of carbonyl (C=O) groups excluding carboxylic acids is 1. The molecule has 1 aromatic carbocycles. The lowest BCUT2D eigenvalue weighted by molar-refractivity contribution is 0.0947. The van der Waals surface area contributed by atoms with Gasteiger partial charge in [-0.3, -0.25) is 9.69 Å². The Balaban J connectivity index is 1.36. The summed E-state index contributed by atoms with van der Waals surface area (Å²) in [6.07, 6.45) is 5.86. The molecule has 1 saturated heterocycles. The van der Waals surface area contributed by atoms with Crippen LogP contribution in [0.25, 0.3) is 0 Å². The molecule has 2 N–H and O–H groups in total. The fourth-order valence-electron chi connectivity index (χ4n) is 3.38. The highest BCUT2D eigenvalue weighted by molar-refractivity contribution is 5.91. The second-order valence-corrected chi connectivity index (χ2v) is 6.76. The molecule has 0 radical (unpaired) electrons. The molecule has 1 fully saturated rings. The van der Waals surface area contributed by atoms with Gasteiger partial charge >= 0.3 is 0 Å². The number of carbonyl (C=O) groups is 1. The maximum absolute atomic E-state index is 12.2. The molecule has 7 heteroatoms. The fraction of sp³-hybridized carbons (Fsp3) is 0.526. The molecular formula is C19H27N5O2. The van der Waals surface area contributed by atoms with Crippen LogP contribution < -0.4 is 5.32 Å². The summed E-state index contributed by atoms with van der Waals surface area (Å²) in [5.74, 6) is -0.182. The van der Waals surface area contributed by atoms with Crippen LogP contribution >= 0.6 is 0 Å². The van der Waals surface area contributed by atoms with Gasteiger partial charge in [0.05, 0.1) is 19.3 Å². The first-order valence-corrected chi connectivity index (χ1v) is 9.33. The van der Waals surface area contributed by atoms with Gasteiger partial charge in [-0.1, -0.05) is 35.5 Å². The molecule has 0 spiro atoms. The number of aliphatic hydroxyl groups is 1. The number of amides is 1. The summed E-state index contributed by atoms with van der Waals surface area (Å²) in [6, 6.07) is 10.3. The Labute approximate surface area is 154 Å². The van der Waals surface area contributed by atoms with Gasteiger partial charge in [0.15, 0.2) is 5.69 Å². The van der Waals surface area contributed by atoms with Gasteiger partial charge in [-0.2, -0.15) is 0 Å². The van der Waals surface area contributed by atoms with Crippen LogP contribution in [0, 0.1) is 0 Å². The quantitative estimate of drug-likeness (QED) is 0.661. The Morgan fingerprint density at radius 3 is 2.92 bits per heavy atom. The molecule has 1 aliphatic rings. The Morgan fingerprint density at radius 2 is 2.12 bits per heavy atom. The molecule has 140 valence electrons. The molecule has 0 aliphatic carbocycles. The summed E-state index contributed by atoms with van der Waals surface area (Å²) in [6.45, 7) is 3.52. The van der Waals surface area contributed by atoms with E-state index in [0.29, 0.717) is 24.8 Å². The van der Waals surface area contributed by atoms with Gasteiger partial charge in [-0.05, 0) is 44.3 Å². The summed E-state index contributed by atoms with van der Waals surface area (Å²) in [5.41, 5.74) is 1.47. The molecule has 0 bridgehead atoms. The summed E-state index contributed by atoms with van der Waals surface area (Å²) in [5, 5.41) is 20.2. The van der Waals surface area contributed by atoms with Crippen molar-refractivity contribution < 1.29 is 9.90 Å². The van der Waals surface area contributed by atoms with Gasteiger partial charge in [0.25, 0.3) is 5.91 Å². The minimum Gasteiger partial charge on any atom is -0.395 e. The van der Waals surface area contributed by atoms with Crippen LogP contribution in [-0.4, -0.2) is 63.2 Å². The van der Waals surface area contributed by atoms with E-state index in [-0.39, 0.29) is 12.5 Å². The predicted molar refractivity (Wildman–Crippen MR) is 98.8 cm³/mol. The first kappa shape index (κ1) is 18.5. The molecule has 1 atom stereocenters. The molecular weight excluding hydrogens is 330 g/mol. The van der Waals surface area contributed by atoms with Gasteiger partial charge in [0, 0.05) is 12.6 Å². The highest BCUT2D eigenvalue weighted by Crippen LogP contribution is 2.16. The molecule has 1 aliphatic heterocycles. The molecule has 2 aromatic rings. The lowest BCUT2D eigenvalue weighted by atomic mass is 10.2. The number of nitrogens with zero attached hydrogens (tertiary/aromatic N) is 4. The van der Waals surface area contributed by atoms with E-state index >= 15 is 0 Å². The number of rotatable bonds is 9. The largest absolute Gasteiger partial charge is 0.395 e. The number of likely N-dealkylation sites (tertiary alicyclic amines) is 1. The van der Waals surface area contributed by atoms with E-state index in [0.717, 1.165) is 37.9 Å². The summed E-state index contributed by atoms with van der Waals surface area (Å²) in [7, 11) is 0. The maximum Gasteiger partial charge on any atom is 0.273 e. The lowest BCUT2D eigenvalue weighted by Gasteiger charge is -2.22. The van der Waals surface area contributed by atoms with Crippen molar-refractivity contribution in [3.63, 3.8) is 0 Å². The van der Waals surface area contributed by atoms with E-state index in [1.807, 2.05) is 30.3 Å². The van der Waals surface area contributed by atoms with E-state index in [1.54, 1.807) is 10.9 Å². The molecule has 1 amide bonds. The molecule has 26 heavy (non-hydrogen) atoms. The number of benzene rings is 1. The SMILES string of the molecule is O=C(NCCCCN1CCCC1CO)c1cn(Cc2ccccc2)nn1. The first-order chi connectivity index (χ1) is 12.8. The van der Waals surface area contributed by atoms with E-state index < -0.39 is 0 Å². The second-order valence-electron chi connectivity index (χ2n) is 6.76. The Kier molecular flexibility index (Phi) is 6.74. The van der Waals surface area contributed by atoms with Crippen LogP contribution in [0.4, 0.5) is 0 Å². The van der Waals surface area contributed by atoms with Crippen molar-refractivity contribution in [2.45, 2.75) is 38.3 Å². The third kappa shape index (κ3) is 5.12. The minimum atomic E-state index is -0.182. The Bertz CT molecular complexity index is 688. The standard InChI is InChI=1S/C19H27N5O2/c25-15-17-9-6-12-23(17)11-5-4-10-20-19(26)18-14-24(22-21-18)13-16-7-2-1-3-8-16/h1-3,7-8,14,17,25H,4-6,9-13,15H2,(H,20,26). The highest BCUT2D eigenvalue weighted by Gasteiger charge is 2.22. The zero-order valence-corrected chi connectivity index (χ0v) is 15.0. The zero-order chi connectivity index (χ0) is 18.2. The molecule has 1 aromatic heterocycles. The number of hydrogen-bond acceptors (Lipinski definition) is 5. The summed E-state index contributed by atoms with van der Waals surface area (Å²) >= 11 is 0. The zero-order valence-electron chi connectivity index (χ0n) is 15.0. The number of nitrogens with one attached hydrogen (secondary N) is 1. The number of hydrogen-bond donors (Lipinski definition) is 2. The average molecular weight is 357 g/mol. The number of aliphatic hydroxyl groups excluding tert-OH is 1. The van der Waals surface area contributed by atoms with Crippen LogP contribution in [0.1, 0.15) is 41.7 Å².